The third-order valence-corrected chi connectivity index (χ3v) is 3.94. The van der Waals surface area contributed by atoms with Crippen molar-refractivity contribution in [2.75, 3.05) is 0 Å². The Morgan fingerprint density at radius 3 is 2.90 bits per heavy atom. The molecular formula is C17H18FNO. The third kappa shape index (κ3) is 2.68. The molecule has 1 atom stereocenters. The van der Waals surface area contributed by atoms with E-state index >= 15 is 0 Å². The predicted octanol–water partition coefficient (Wildman–Crippen LogP) is 3.70. The van der Waals surface area contributed by atoms with Crippen LogP contribution in [0.5, 0.6) is 5.75 Å². The van der Waals surface area contributed by atoms with Gasteiger partial charge >= 0.3 is 0 Å². The minimum atomic E-state index is -0.174. The Morgan fingerprint density at radius 1 is 1.20 bits per heavy atom. The van der Waals surface area contributed by atoms with Crippen molar-refractivity contribution in [2.45, 2.75) is 31.8 Å². The Hall–Kier alpha value is -1.87. The number of rotatable bonds is 3. The maximum absolute atomic E-state index is 13.6. The lowest BCUT2D eigenvalue weighted by Crippen LogP contribution is -2.25. The zero-order valence-electron chi connectivity index (χ0n) is 11.3. The third-order valence-electron chi connectivity index (χ3n) is 3.94. The molecule has 20 heavy (non-hydrogen) atoms. The average Bonchev–Trinajstić information content (AvgIpc) is 2.46. The number of hydrogen-bond donors (Lipinski definition) is 2. The van der Waals surface area contributed by atoms with E-state index in [4.69, 9.17) is 0 Å². The lowest BCUT2D eigenvalue weighted by molar-refractivity contribution is 0.441. The van der Waals surface area contributed by atoms with E-state index in [0.29, 0.717) is 17.9 Å². The van der Waals surface area contributed by atoms with Crippen molar-refractivity contribution in [2.24, 2.45) is 0 Å². The van der Waals surface area contributed by atoms with Gasteiger partial charge in [-0.25, -0.2) is 4.39 Å². The van der Waals surface area contributed by atoms with E-state index in [1.54, 1.807) is 18.2 Å². The van der Waals surface area contributed by atoms with Crippen LogP contribution in [0.1, 0.15) is 35.6 Å². The molecule has 2 aromatic rings. The summed E-state index contributed by atoms with van der Waals surface area (Å²) in [5.74, 6) is 0.121. The molecule has 0 saturated carbocycles. The zero-order valence-corrected chi connectivity index (χ0v) is 11.3. The standard InChI is InChI=1S/C17H18FNO/c18-16-6-2-1-4-13(16)11-19-17-7-3-5-12-8-9-14(20)10-15(12)17/h1-2,4,6,8-10,17,19-20H,3,5,7,11H2. The van der Waals surface area contributed by atoms with Gasteiger partial charge in [-0.3, -0.25) is 0 Å². The van der Waals surface area contributed by atoms with Crippen LogP contribution in [0.4, 0.5) is 4.39 Å². The summed E-state index contributed by atoms with van der Waals surface area (Å²) in [5, 5.41) is 13.1. The first kappa shape index (κ1) is 13.1. The minimum Gasteiger partial charge on any atom is -0.508 e. The Kier molecular flexibility index (Phi) is 3.70. The van der Waals surface area contributed by atoms with Crippen molar-refractivity contribution in [3.63, 3.8) is 0 Å². The summed E-state index contributed by atoms with van der Waals surface area (Å²) < 4.78 is 13.6. The SMILES string of the molecule is Oc1ccc2c(c1)C(NCc1ccccc1F)CCC2. The average molecular weight is 271 g/mol. The summed E-state index contributed by atoms with van der Waals surface area (Å²) in [6.45, 7) is 0.506. The summed E-state index contributed by atoms with van der Waals surface area (Å²) in [6.07, 6.45) is 3.19. The van der Waals surface area contributed by atoms with Gasteiger partial charge in [0.25, 0.3) is 0 Å². The van der Waals surface area contributed by atoms with Crippen LogP contribution < -0.4 is 5.32 Å². The summed E-state index contributed by atoms with van der Waals surface area (Å²) in [6, 6.07) is 12.6. The smallest absolute Gasteiger partial charge is 0.127 e. The largest absolute Gasteiger partial charge is 0.508 e. The highest BCUT2D eigenvalue weighted by atomic mass is 19.1. The van der Waals surface area contributed by atoms with Crippen LogP contribution in [-0.2, 0) is 13.0 Å². The van der Waals surface area contributed by atoms with Crippen LogP contribution in [0, 0.1) is 5.82 Å². The van der Waals surface area contributed by atoms with Crippen LogP contribution in [0.15, 0.2) is 42.5 Å². The lowest BCUT2D eigenvalue weighted by Gasteiger charge is -2.26. The number of hydrogen-bond acceptors (Lipinski definition) is 2. The van der Waals surface area contributed by atoms with E-state index in [1.807, 2.05) is 18.2 Å². The summed E-state index contributed by atoms with van der Waals surface area (Å²) >= 11 is 0. The highest BCUT2D eigenvalue weighted by molar-refractivity contribution is 5.38. The summed E-state index contributed by atoms with van der Waals surface area (Å²) in [7, 11) is 0. The second-order valence-corrected chi connectivity index (χ2v) is 5.30. The Bertz CT molecular complexity index is 612. The monoisotopic (exact) mass is 271 g/mol. The lowest BCUT2D eigenvalue weighted by atomic mass is 9.87. The Balaban J connectivity index is 1.77. The molecular weight excluding hydrogens is 253 g/mol. The van der Waals surface area contributed by atoms with E-state index in [9.17, 15) is 9.50 Å². The summed E-state index contributed by atoms with van der Waals surface area (Å²) in [4.78, 5) is 0. The van der Waals surface area contributed by atoms with Crippen LogP contribution >= 0.6 is 0 Å². The van der Waals surface area contributed by atoms with Crippen molar-refractivity contribution in [3.05, 3.63) is 65.0 Å². The van der Waals surface area contributed by atoms with Gasteiger partial charge in [-0.2, -0.15) is 0 Å². The minimum absolute atomic E-state index is 0.174. The topological polar surface area (TPSA) is 32.3 Å². The molecule has 0 saturated heterocycles. The maximum atomic E-state index is 13.6. The molecule has 0 aromatic heterocycles. The van der Waals surface area contributed by atoms with Crippen molar-refractivity contribution in [1.82, 2.24) is 5.32 Å². The first-order valence-corrected chi connectivity index (χ1v) is 7.02. The molecule has 3 rings (SSSR count). The van der Waals surface area contributed by atoms with E-state index < -0.39 is 0 Å². The molecule has 3 heteroatoms. The van der Waals surface area contributed by atoms with E-state index in [2.05, 4.69) is 5.32 Å². The van der Waals surface area contributed by atoms with Gasteiger partial charge in [0.2, 0.25) is 0 Å². The van der Waals surface area contributed by atoms with Gasteiger partial charge < -0.3 is 10.4 Å². The second-order valence-electron chi connectivity index (χ2n) is 5.30. The summed E-state index contributed by atoms with van der Waals surface area (Å²) in [5.41, 5.74) is 3.10. The zero-order chi connectivity index (χ0) is 13.9. The molecule has 0 fully saturated rings. The molecule has 2 N–H and O–H groups in total. The van der Waals surface area contributed by atoms with Gasteiger partial charge in [-0.15, -0.1) is 0 Å². The Labute approximate surface area is 118 Å². The molecule has 104 valence electrons. The molecule has 1 aliphatic rings. The molecule has 0 radical (unpaired) electrons. The highest BCUT2D eigenvalue weighted by Crippen LogP contribution is 2.32. The van der Waals surface area contributed by atoms with Gasteiger partial charge in [0.15, 0.2) is 0 Å². The molecule has 2 nitrogen and oxygen atoms in total. The second kappa shape index (κ2) is 5.63. The van der Waals surface area contributed by atoms with Gasteiger partial charge in [-0.05, 0) is 48.6 Å². The molecule has 0 amide bonds. The fourth-order valence-corrected chi connectivity index (χ4v) is 2.87. The van der Waals surface area contributed by atoms with Crippen molar-refractivity contribution in [1.29, 1.82) is 0 Å². The molecule has 1 aliphatic carbocycles. The van der Waals surface area contributed by atoms with Crippen molar-refractivity contribution >= 4 is 0 Å². The number of aromatic hydroxyl groups is 1. The predicted molar refractivity (Wildman–Crippen MR) is 77.0 cm³/mol. The van der Waals surface area contributed by atoms with Gasteiger partial charge in [-0.1, -0.05) is 24.3 Å². The van der Waals surface area contributed by atoms with Crippen LogP contribution in [0.2, 0.25) is 0 Å². The number of halogens is 1. The van der Waals surface area contributed by atoms with Crippen LogP contribution in [0.25, 0.3) is 0 Å². The fourth-order valence-electron chi connectivity index (χ4n) is 2.87. The van der Waals surface area contributed by atoms with Crippen LogP contribution in [0.3, 0.4) is 0 Å². The van der Waals surface area contributed by atoms with Gasteiger partial charge in [0.1, 0.15) is 11.6 Å². The van der Waals surface area contributed by atoms with Crippen molar-refractivity contribution < 1.29 is 9.50 Å². The molecule has 2 aromatic carbocycles. The number of fused-ring (bicyclic) bond motifs is 1. The van der Waals surface area contributed by atoms with E-state index in [1.165, 1.54) is 11.6 Å². The van der Waals surface area contributed by atoms with Crippen molar-refractivity contribution in [3.8, 4) is 5.75 Å². The maximum Gasteiger partial charge on any atom is 0.127 e. The quantitative estimate of drug-likeness (QED) is 0.892. The first-order valence-electron chi connectivity index (χ1n) is 7.02. The molecule has 1 unspecified atom stereocenters. The number of benzene rings is 2. The first-order chi connectivity index (χ1) is 9.74. The van der Waals surface area contributed by atoms with E-state index in [0.717, 1.165) is 24.8 Å². The number of aryl methyl sites for hydroxylation is 1. The molecule has 0 bridgehead atoms. The molecule has 0 aliphatic heterocycles. The van der Waals surface area contributed by atoms with Crippen LogP contribution in [-0.4, -0.2) is 5.11 Å². The normalized spacial score (nSPS) is 17.8. The molecule has 0 heterocycles. The van der Waals surface area contributed by atoms with Gasteiger partial charge in [0.05, 0.1) is 0 Å². The number of phenols is 1. The van der Waals surface area contributed by atoms with E-state index in [-0.39, 0.29) is 11.9 Å². The number of phenolic OH excluding ortho intramolecular Hbond substituents is 1. The fraction of sp³-hybridized carbons (Fsp3) is 0.294. The highest BCUT2D eigenvalue weighted by Gasteiger charge is 2.20. The van der Waals surface area contributed by atoms with Gasteiger partial charge in [0, 0.05) is 18.2 Å². The molecule has 0 spiro atoms. The Morgan fingerprint density at radius 2 is 2.05 bits per heavy atom. The number of nitrogens with one attached hydrogen (secondary N) is 1.